The molecule has 3 aromatic rings. The molecule has 0 aliphatic carbocycles. The van der Waals surface area contributed by atoms with Gasteiger partial charge in [0.15, 0.2) is 6.04 Å². The fourth-order valence-corrected chi connectivity index (χ4v) is 4.77. The van der Waals surface area contributed by atoms with Gasteiger partial charge in [0, 0.05) is 23.4 Å². The van der Waals surface area contributed by atoms with Gasteiger partial charge in [-0.3, -0.25) is 9.78 Å². The van der Waals surface area contributed by atoms with Crippen molar-refractivity contribution in [1.82, 2.24) is 10.3 Å². The Kier molecular flexibility index (Phi) is 7.57. The molecular weight excluding hydrogens is 446 g/mol. The molecule has 0 fully saturated rings. The maximum absolute atomic E-state index is 13.7. The molecule has 0 spiro atoms. The number of rotatable bonds is 8. The molecule has 2 atom stereocenters. The van der Waals surface area contributed by atoms with Gasteiger partial charge in [-0.2, -0.15) is 0 Å². The highest BCUT2D eigenvalue weighted by molar-refractivity contribution is 7.95. The quantitative estimate of drug-likeness (QED) is 0.479. The van der Waals surface area contributed by atoms with Crippen molar-refractivity contribution < 1.29 is 13.2 Å². The van der Waals surface area contributed by atoms with E-state index in [-0.39, 0.29) is 11.5 Å². The summed E-state index contributed by atoms with van der Waals surface area (Å²) in [4.78, 5) is 17.8. The Morgan fingerprint density at radius 1 is 1.00 bits per heavy atom. The lowest BCUT2D eigenvalue weighted by atomic mass is 9.87. The molecule has 178 valence electrons. The first-order valence-corrected chi connectivity index (χ1v) is 12.6. The van der Waals surface area contributed by atoms with Crippen LogP contribution in [0.25, 0.3) is 0 Å². The van der Waals surface area contributed by atoms with Crippen molar-refractivity contribution in [2.24, 2.45) is 0 Å². The van der Waals surface area contributed by atoms with E-state index in [4.69, 9.17) is 0 Å². The Labute approximate surface area is 202 Å². The zero-order valence-electron chi connectivity index (χ0n) is 20.0. The first kappa shape index (κ1) is 25.2. The Balaban J connectivity index is 2.10. The number of amides is 1. The number of pyridine rings is 1. The maximum atomic E-state index is 13.7. The van der Waals surface area contributed by atoms with Gasteiger partial charge in [0.1, 0.15) is 0 Å². The van der Waals surface area contributed by atoms with Crippen LogP contribution in [-0.2, 0) is 20.2 Å². The second-order valence-corrected chi connectivity index (χ2v) is 10.9. The van der Waals surface area contributed by atoms with E-state index in [9.17, 15) is 13.2 Å². The van der Waals surface area contributed by atoms with Crippen molar-refractivity contribution in [1.29, 1.82) is 0 Å². The van der Waals surface area contributed by atoms with Gasteiger partial charge >= 0.3 is 0 Å². The van der Waals surface area contributed by atoms with Gasteiger partial charge in [-0.05, 0) is 41.7 Å². The predicted molar refractivity (Wildman–Crippen MR) is 137 cm³/mol. The van der Waals surface area contributed by atoms with E-state index < -0.39 is 22.0 Å². The number of aromatic nitrogens is 1. The SMILES string of the molecule is C=CS(=O)(=O)N(c1ccc(C(C)(C)C)cc1)[C@H](C(=O)N[C@@H](C)c1ccccc1)c1cccnc1. The Morgan fingerprint density at radius 3 is 2.15 bits per heavy atom. The summed E-state index contributed by atoms with van der Waals surface area (Å²) in [7, 11) is -4.05. The van der Waals surface area contributed by atoms with Gasteiger partial charge in [-0.15, -0.1) is 0 Å². The maximum Gasteiger partial charge on any atom is 0.257 e. The smallest absolute Gasteiger partial charge is 0.257 e. The standard InChI is InChI=1S/C27H31N3O3S/c1-6-34(32,33)30(24-16-14-23(15-17-24)27(3,4)5)25(22-13-10-18-28-19-22)26(31)29-20(2)21-11-8-7-9-12-21/h6-20,25H,1H2,2-5H3,(H,29,31)/t20-,25-/m0/s1. The van der Waals surface area contributed by atoms with Crippen LogP contribution in [0.1, 0.15) is 56.5 Å². The number of anilines is 1. The fourth-order valence-electron chi connectivity index (χ4n) is 3.68. The van der Waals surface area contributed by atoms with E-state index >= 15 is 0 Å². The normalized spacial score (nSPS) is 13.5. The zero-order valence-corrected chi connectivity index (χ0v) is 20.8. The second-order valence-electron chi connectivity index (χ2n) is 9.13. The van der Waals surface area contributed by atoms with Gasteiger partial charge in [0.2, 0.25) is 5.91 Å². The molecule has 1 N–H and O–H groups in total. The van der Waals surface area contributed by atoms with Crippen LogP contribution >= 0.6 is 0 Å². The average molecular weight is 478 g/mol. The fraction of sp³-hybridized carbons (Fsp3) is 0.259. The van der Waals surface area contributed by atoms with Gasteiger partial charge in [-0.1, -0.05) is 75.9 Å². The Hall–Kier alpha value is -3.45. The molecule has 6 nitrogen and oxygen atoms in total. The van der Waals surface area contributed by atoms with Crippen LogP contribution in [0.5, 0.6) is 0 Å². The van der Waals surface area contributed by atoms with Crippen LogP contribution in [0.3, 0.4) is 0 Å². The summed E-state index contributed by atoms with van der Waals surface area (Å²) >= 11 is 0. The molecule has 3 rings (SSSR count). The highest BCUT2D eigenvalue weighted by Gasteiger charge is 2.36. The number of hydrogen-bond donors (Lipinski definition) is 1. The minimum absolute atomic E-state index is 0.105. The zero-order chi connectivity index (χ0) is 24.9. The molecule has 7 heteroatoms. The number of sulfonamides is 1. The van der Waals surface area contributed by atoms with Gasteiger partial charge in [0.25, 0.3) is 10.0 Å². The highest BCUT2D eigenvalue weighted by Crippen LogP contribution is 2.33. The highest BCUT2D eigenvalue weighted by atomic mass is 32.2. The van der Waals surface area contributed by atoms with E-state index in [1.54, 1.807) is 30.5 Å². The van der Waals surface area contributed by atoms with Crippen molar-refractivity contribution >= 4 is 21.6 Å². The molecule has 0 aliphatic rings. The lowest BCUT2D eigenvalue weighted by Crippen LogP contribution is -2.44. The molecule has 1 heterocycles. The van der Waals surface area contributed by atoms with Crippen LogP contribution < -0.4 is 9.62 Å². The van der Waals surface area contributed by atoms with Crippen LogP contribution in [-0.4, -0.2) is 19.3 Å². The van der Waals surface area contributed by atoms with E-state index in [2.05, 4.69) is 37.7 Å². The largest absolute Gasteiger partial charge is 0.347 e. The molecule has 34 heavy (non-hydrogen) atoms. The molecule has 0 bridgehead atoms. The lowest BCUT2D eigenvalue weighted by Gasteiger charge is -2.32. The molecule has 1 aromatic heterocycles. The molecule has 1 amide bonds. The third-order valence-corrected chi connectivity index (χ3v) is 7.01. The van der Waals surface area contributed by atoms with Crippen molar-refractivity contribution in [3.05, 3.63) is 108 Å². The molecule has 0 saturated heterocycles. The van der Waals surface area contributed by atoms with Crippen LogP contribution in [0.15, 0.2) is 91.1 Å². The van der Waals surface area contributed by atoms with E-state index in [1.165, 1.54) is 6.20 Å². The monoisotopic (exact) mass is 477 g/mol. The van der Waals surface area contributed by atoms with E-state index in [0.717, 1.165) is 20.8 Å². The summed E-state index contributed by atoms with van der Waals surface area (Å²) in [5.74, 6) is -0.463. The Bertz CT molecular complexity index is 1220. The topological polar surface area (TPSA) is 79.4 Å². The minimum Gasteiger partial charge on any atom is -0.347 e. The molecule has 0 unspecified atom stereocenters. The summed E-state index contributed by atoms with van der Waals surface area (Å²) in [5.41, 5.74) is 2.67. The van der Waals surface area contributed by atoms with Crippen LogP contribution in [0.2, 0.25) is 0 Å². The summed E-state index contributed by atoms with van der Waals surface area (Å²) in [5, 5.41) is 3.83. The molecule has 2 aromatic carbocycles. The third kappa shape index (κ3) is 5.72. The van der Waals surface area contributed by atoms with Crippen molar-refractivity contribution in [2.45, 2.75) is 45.2 Å². The summed E-state index contributed by atoms with van der Waals surface area (Å²) in [6.07, 6.45) is 3.09. The predicted octanol–water partition coefficient (Wildman–Crippen LogP) is 5.28. The van der Waals surface area contributed by atoms with E-state index in [0.29, 0.717) is 11.3 Å². The molecule has 0 saturated carbocycles. The first-order chi connectivity index (χ1) is 16.0. The number of carbonyl (C=O) groups is 1. The second kappa shape index (κ2) is 10.2. The first-order valence-electron chi connectivity index (χ1n) is 11.1. The number of nitrogens with zero attached hydrogens (tertiary/aromatic N) is 2. The lowest BCUT2D eigenvalue weighted by molar-refractivity contribution is -0.123. The number of nitrogens with one attached hydrogen (secondary N) is 1. The molecule has 0 aliphatic heterocycles. The van der Waals surface area contributed by atoms with Crippen LogP contribution in [0, 0.1) is 0 Å². The number of hydrogen-bond acceptors (Lipinski definition) is 4. The molecular formula is C27H31N3O3S. The van der Waals surface area contributed by atoms with Gasteiger partial charge in [-0.25, -0.2) is 12.7 Å². The summed E-state index contributed by atoms with van der Waals surface area (Å²) < 4.78 is 27.6. The minimum atomic E-state index is -4.05. The summed E-state index contributed by atoms with van der Waals surface area (Å²) in [6, 6.07) is 18.6. The number of carbonyl (C=O) groups excluding carboxylic acids is 1. The number of benzene rings is 2. The third-order valence-electron chi connectivity index (χ3n) is 5.61. The average Bonchev–Trinajstić information content (AvgIpc) is 2.82. The molecule has 0 radical (unpaired) electrons. The van der Waals surface area contributed by atoms with Gasteiger partial charge in [0.05, 0.1) is 11.7 Å². The van der Waals surface area contributed by atoms with E-state index in [1.807, 2.05) is 49.4 Å². The van der Waals surface area contributed by atoms with Gasteiger partial charge < -0.3 is 5.32 Å². The van der Waals surface area contributed by atoms with Crippen molar-refractivity contribution in [2.75, 3.05) is 4.31 Å². The van der Waals surface area contributed by atoms with Crippen molar-refractivity contribution in [3.8, 4) is 0 Å². The van der Waals surface area contributed by atoms with Crippen LogP contribution in [0.4, 0.5) is 5.69 Å². The van der Waals surface area contributed by atoms with Crippen molar-refractivity contribution in [3.63, 3.8) is 0 Å². The Morgan fingerprint density at radius 2 is 1.62 bits per heavy atom. The summed E-state index contributed by atoms with van der Waals surface area (Å²) in [6.45, 7) is 11.6.